The number of ketones is 1. The summed E-state index contributed by atoms with van der Waals surface area (Å²) >= 11 is 0. The van der Waals surface area contributed by atoms with Gasteiger partial charge in [-0.15, -0.1) is 0 Å². The molecule has 0 aromatic heterocycles. The van der Waals surface area contributed by atoms with Crippen LogP contribution in [0.5, 0.6) is 23.0 Å². The number of rotatable bonds is 6. The molecular formula is C16H24N2O5. The first kappa shape index (κ1) is 17.4. The van der Waals surface area contributed by atoms with Gasteiger partial charge in [0, 0.05) is 32.2 Å². The third-order valence-electron chi connectivity index (χ3n) is 4.07. The van der Waals surface area contributed by atoms with Crippen LogP contribution in [-0.4, -0.2) is 81.8 Å². The second-order valence-corrected chi connectivity index (χ2v) is 5.54. The highest BCUT2D eigenvalue weighted by molar-refractivity contribution is 6.03. The Balaban J connectivity index is 2.28. The molecule has 23 heavy (non-hydrogen) atoms. The Hall–Kier alpha value is -1.99. The van der Waals surface area contributed by atoms with Gasteiger partial charge in [-0.2, -0.15) is 0 Å². The summed E-state index contributed by atoms with van der Waals surface area (Å²) in [4.78, 5) is 17.0. The molecule has 0 amide bonds. The largest absolute Gasteiger partial charge is 0.504 e. The molecule has 1 aliphatic heterocycles. The summed E-state index contributed by atoms with van der Waals surface area (Å²) in [6, 6.07) is 1.55. The molecule has 0 saturated carbocycles. The summed E-state index contributed by atoms with van der Waals surface area (Å²) in [7, 11) is 6.39. The van der Waals surface area contributed by atoms with E-state index in [-0.39, 0.29) is 35.1 Å². The minimum atomic E-state index is -0.247. The lowest BCUT2D eigenvalue weighted by Gasteiger charge is -2.31. The number of methoxy groups -OCH3 is 3. The number of likely N-dealkylation sites (N-methyl/N-ethyl adjacent to an activating group) is 1. The fourth-order valence-electron chi connectivity index (χ4n) is 2.67. The summed E-state index contributed by atoms with van der Waals surface area (Å²) in [5.74, 6) is 0.278. The molecule has 1 heterocycles. The molecule has 0 bridgehead atoms. The third-order valence-corrected chi connectivity index (χ3v) is 4.07. The van der Waals surface area contributed by atoms with Crippen LogP contribution in [0.1, 0.15) is 10.4 Å². The summed E-state index contributed by atoms with van der Waals surface area (Å²) < 4.78 is 15.6. The summed E-state index contributed by atoms with van der Waals surface area (Å²) in [6.07, 6.45) is 0. The van der Waals surface area contributed by atoms with E-state index in [1.807, 2.05) is 0 Å². The van der Waals surface area contributed by atoms with Gasteiger partial charge >= 0.3 is 0 Å². The Morgan fingerprint density at radius 2 is 1.70 bits per heavy atom. The van der Waals surface area contributed by atoms with Crippen molar-refractivity contribution in [3.8, 4) is 23.0 Å². The van der Waals surface area contributed by atoms with E-state index in [1.54, 1.807) is 6.07 Å². The number of benzene rings is 1. The predicted octanol–water partition coefficient (Wildman–Crippen LogP) is 0.848. The Morgan fingerprint density at radius 1 is 1.09 bits per heavy atom. The number of phenolic OH excluding ortho intramolecular Hbond substituents is 1. The van der Waals surface area contributed by atoms with Crippen LogP contribution in [0, 0.1) is 0 Å². The summed E-state index contributed by atoms with van der Waals surface area (Å²) in [6.45, 7) is 3.70. The molecule has 7 heteroatoms. The molecular weight excluding hydrogens is 300 g/mol. The number of carbonyl (C=O) groups excluding carboxylic acids is 1. The quantitative estimate of drug-likeness (QED) is 0.778. The number of aromatic hydroxyl groups is 1. The van der Waals surface area contributed by atoms with E-state index >= 15 is 0 Å². The molecule has 1 N–H and O–H groups in total. The molecule has 1 aromatic rings. The van der Waals surface area contributed by atoms with Crippen LogP contribution in [-0.2, 0) is 0 Å². The first-order valence-electron chi connectivity index (χ1n) is 7.47. The zero-order chi connectivity index (χ0) is 17.0. The predicted molar refractivity (Wildman–Crippen MR) is 86.0 cm³/mol. The maximum absolute atomic E-state index is 12.7. The van der Waals surface area contributed by atoms with Gasteiger partial charge in [-0.3, -0.25) is 9.69 Å². The second-order valence-electron chi connectivity index (χ2n) is 5.54. The lowest BCUT2D eigenvalue weighted by Crippen LogP contribution is -2.46. The maximum Gasteiger partial charge on any atom is 0.204 e. The number of ether oxygens (including phenoxy) is 3. The lowest BCUT2D eigenvalue weighted by molar-refractivity contribution is 0.0870. The molecule has 7 nitrogen and oxygen atoms in total. The highest BCUT2D eigenvalue weighted by Crippen LogP contribution is 2.44. The number of Topliss-reactive ketones (excluding diaryl/α,β-unsaturated/α-hetero) is 1. The van der Waals surface area contributed by atoms with Crippen molar-refractivity contribution in [3.05, 3.63) is 11.6 Å². The van der Waals surface area contributed by atoms with Gasteiger partial charge in [0.1, 0.15) is 11.3 Å². The number of hydrogen-bond donors (Lipinski definition) is 1. The minimum Gasteiger partial charge on any atom is -0.504 e. The standard InChI is InChI=1S/C16H24N2O5/c1-17-5-7-18(8-6-17)10-11(19)14-12(21-2)9-13(22-3)16(23-4)15(14)20/h9,20H,5-8,10H2,1-4H3. The van der Waals surface area contributed by atoms with Gasteiger partial charge in [0.25, 0.3) is 0 Å². The van der Waals surface area contributed by atoms with Gasteiger partial charge in [0.15, 0.2) is 17.3 Å². The number of piperazine rings is 1. The van der Waals surface area contributed by atoms with Crippen LogP contribution >= 0.6 is 0 Å². The molecule has 0 atom stereocenters. The van der Waals surface area contributed by atoms with E-state index in [0.717, 1.165) is 26.2 Å². The molecule has 0 spiro atoms. The molecule has 128 valence electrons. The van der Waals surface area contributed by atoms with Crippen LogP contribution < -0.4 is 14.2 Å². The smallest absolute Gasteiger partial charge is 0.204 e. The van der Waals surface area contributed by atoms with E-state index in [0.29, 0.717) is 5.75 Å². The fraction of sp³-hybridized carbons (Fsp3) is 0.562. The van der Waals surface area contributed by atoms with E-state index in [1.165, 1.54) is 21.3 Å². The first-order chi connectivity index (χ1) is 11.0. The van der Waals surface area contributed by atoms with Crippen LogP contribution in [0.25, 0.3) is 0 Å². The summed E-state index contributed by atoms with van der Waals surface area (Å²) in [5.41, 5.74) is 0.129. The molecule has 2 rings (SSSR count). The van der Waals surface area contributed by atoms with Crippen molar-refractivity contribution in [1.29, 1.82) is 0 Å². The lowest BCUT2D eigenvalue weighted by atomic mass is 10.1. The normalized spacial score (nSPS) is 16.2. The second kappa shape index (κ2) is 7.52. The van der Waals surface area contributed by atoms with Crippen LogP contribution in [0.15, 0.2) is 6.07 Å². The van der Waals surface area contributed by atoms with E-state index in [4.69, 9.17) is 14.2 Å². The topological polar surface area (TPSA) is 71.5 Å². The Bertz CT molecular complexity index is 568. The minimum absolute atomic E-state index is 0.129. The Kier molecular flexibility index (Phi) is 5.68. The molecule has 1 saturated heterocycles. The number of carbonyl (C=O) groups is 1. The Labute approximate surface area is 136 Å². The van der Waals surface area contributed by atoms with Gasteiger partial charge < -0.3 is 24.2 Å². The van der Waals surface area contributed by atoms with Gasteiger partial charge in [0.05, 0.1) is 27.9 Å². The van der Waals surface area contributed by atoms with Crippen molar-refractivity contribution in [1.82, 2.24) is 9.80 Å². The highest BCUT2D eigenvalue weighted by atomic mass is 16.5. The van der Waals surface area contributed by atoms with E-state index in [9.17, 15) is 9.90 Å². The van der Waals surface area contributed by atoms with Crippen LogP contribution in [0.3, 0.4) is 0 Å². The zero-order valence-corrected chi connectivity index (χ0v) is 14.1. The van der Waals surface area contributed by atoms with Gasteiger partial charge in [0.2, 0.25) is 5.75 Å². The average molecular weight is 324 g/mol. The third kappa shape index (κ3) is 3.68. The van der Waals surface area contributed by atoms with Gasteiger partial charge in [-0.05, 0) is 7.05 Å². The van der Waals surface area contributed by atoms with Crippen molar-refractivity contribution >= 4 is 5.78 Å². The first-order valence-corrected chi connectivity index (χ1v) is 7.47. The molecule has 1 aromatic carbocycles. The number of nitrogens with zero attached hydrogens (tertiary/aromatic N) is 2. The van der Waals surface area contributed by atoms with Gasteiger partial charge in [-0.25, -0.2) is 0 Å². The van der Waals surface area contributed by atoms with Crippen molar-refractivity contribution < 1.29 is 24.1 Å². The monoisotopic (exact) mass is 324 g/mol. The van der Waals surface area contributed by atoms with E-state index in [2.05, 4.69) is 16.8 Å². The average Bonchev–Trinajstić information content (AvgIpc) is 2.55. The number of hydrogen-bond acceptors (Lipinski definition) is 7. The van der Waals surface area contributed by atoms with Crippen molar-refractivity contribution in [2.45, 2.75) is 0 Å². The van der Waals surface area contributed by atoms with Crippen LogP contribution in [0.2, 0.25) is 0 Å². The van der Waals surface area contributed by atoms with Crippen molar-refractivity contribution in [2.24, 2.45) is 0 Å². The molecule has 1 aliphatic rings. The number of phenols is 1. The van der Waals surface area contributed by atoms with Crippen LogP contribution in [0.4, 0.5) is 0 Å². The fourth-order valence-corrected chi connectivity index (χ4v) is 2.67. The molecule has 0 unspecified atom stereocenters. The maximum atomic E-state index is 12.7. The summed E-state index contributed by atoms with van der Waals surface area (Å²) in [5, 5.41) is 10.4. The van der Waals surface area contributed by atoms with E-state index < -0.39 is 0 Å². The Morgan fingerprint density at radius 3 is 2.22 bits per heavy atom. The van der Waals surface area contributed by atoms with Gasteiger partial charge in [-0.1, -0.05) is 0 Å². The zero-order valence-electron chi connectivity index (χ0n) is 14.1. The van der Waals surface area contributed by atoms with Crippen molar-refractivity contribution in [2.75, 3.05) is 61.1 Å². The molecule has 0 radical (unpaired) electrons. The molecule has 0 aliphatic carbocycles. The molecule has 1 fully saturated rings. The SMILES string of the molecule is COc1cc(OC)c(C(=O)CN2CCN(C)CC2)c(O)c1OC. The highest BCUT2D eigenvalue weighted by Gasteiger charge is 2.27. The van der Waals surface area contributed by atoms with Crippen molar-refractivity contribution in [3.63, 3.8) is 0 Å².